The summed E-state index contributed by atoms with van der Waals surface area (Å²) in [6.07, 6.45) is 37.4. The van der Waals surface area contributed by atoms with Gasteiger partial charge in [0, 0.05) is 12.8 Å². The van der Waals surface area contributed by atoms with Crippen LogP contribution in [0.15, 0.2) is 48.6 Å². The van der Waals surface area contributed by atoms with E-state index in [1.54, 1.807) is 0 Å². The predicted molar refractivity (Wildman–Crippen MR) is 236 cm³/mol. The van der Waals surface area contributed by atoms with E-state index in [-0.39, 0.29) is 18.9 Å². The average Bonchev–Trinajstić information content (AvgIpc) is 3.20. The Morgan fingerprint density at radius 3 is 1.52 bits per heavy atom. The molecule has 4 atom stereocenters. The molecule has 0 spiro atoms. The number of carbonyl (C=O) groups excluding carboxylic acids is 2. The van der Waals surface area contributed by atoms with E-state index in [1.165, 1.54) is 70.6 Å². The van der Waals surface area contributed by atoms with Gasteiger partial charge in [-0.15, -0.1) is 0 Å². The van der Waals surface area contributed by atoms with Gasteiger partial charge in [0.25, 0.3) is 0 Å². The van der Waals surface area contributed by atoms with E-state index in [1.807, 2.05) is 18.2 Å². The first-order valence-electron chi connectivity index (χ1n) is 22.4. The molecule has 0 saturated heterocycles. The molecule has 0 heterocycles. The Hall–Kier alpha value is -1.96. The molecule has 0 fully saturated rings. The Morgan fingerprint density at radius 2 is 0.983 bits per heavy atom. The number of unbranched alkanes of at least 4 members (excludes halogenated alkanes) is 15. The molecule has 0 amide bonds. The normalized spacial score (nSPS) is 15.0. The lowest BCUT2D eigenvalue weighted by Crippen LogP contribution is -2.30. The minimum Gasteiger partial charge on any atom is -0.462 e. The van der Waals surface area contributed by atoms with Crippen molar-refractivity contribution in [3.8, 4) is 0 Å². The van der Waals surface area contributed by atoms with Crippen molar-refractivity contribution >= 4 is 27.6 Å². The summed E-state index contributed by atoms with van der Waals surface area (Å²) in [5, 5.41) is 19.5. The van der Waals surface area contributed by atoms with Crippen LogP contribution in [0.3, 0.4) is 0 Å². The lowest BCUT2D eigenvalue weighted by Gasteiger charge is -2.20. The lowest BCUT2D eigenvalue weighted by atomic mass is 10.0. The van der Waals surface area contributed by atoms with E-state index in [0.717, 1.165) is 51.4 Å². The number of rotatable bonds is 42. The number of aliphatic hydroxyl groups excluding tert-OH is 2. The van der Waals surface area contributed by atoms with Gasteiger partial charge < -0.3 is 34.4 Å². The fourth-order valence-electron chi connectivity index (χ4n) is 5.89. The number of hydrogen-bond acceptors (Lipinski definition) is 11. The van der Waals surface area contributed by atoms with Crippen molar-refractivity contribution in [1.82, 2.24) is 0 Å². The first-order chi connectivity index (χ1) is 28.8. The molecule has 0 aromatic heterocycles. The zero-order valence-corrected chi connectivity index (χ0v) is 38.5. The molecule has 0 aliphatic heterocycles. The second kappa shape index (κ2) is 39.9. The van der Waals surface area contributed by atoms with Crippen molar-refractivity contribution in [3.63, 3.8) is 0 Å². The van der Waals surface area contributed by atoms with Gasteiger partial charge in [-0.25, -0.2) is 9.13 Å². The molecular formula is C44H80O14P2. The number of carbonyl (C=O) groups is 2. The van der Waals surface area contributed by atoms with E-state index in [2.05, 4.69) is 53.3 Å². The van der Waals surface area contributed by atoms with Crippen LogP contribution in [0.2, 0.25) is 0 Å². The van der Waals surface area contributed by atoms with E-state index in [9.17, 15) is 33.8 Å². The third-order valence-corrected chi connectivity index (χ3v) is 10.7. The number of esters is 2. The van der Waals surface area contributed by atoms with Crippen LogP contribution in [0.25, 0.3) is 0 Å². The maximum Gasteiger partial charge on any atom is 0.472 e. The first kappa shape index (κ1) is 58.0. The van der Waals surface area contributed by atoms with Gasteiger partial charge in [0.2, 0.25) is 0 Å². The third kappa shape index (κ3) is 42.7. The van der Waals surface area contributed by atoms with Crippen molar-refractivity contribution < 1.29 is 66.7 Å². The van der Waals surface area contributed by atoms with Crippen molar-refractivity contribution in [2.24, 2.45) is 0 Å². The molecule has 0 radical (unpaired) electrons. The smallest absolute Gasteiger partial charge is 0.462 e. The van der Waals surface area contributed by atoms with Crippen LogP contribution >= 0.6 is 15.6 Å². The Labute approximate surface area is 361 Å². The zero-order valence-electron chi connectivity index (χ0n) is 36.7. The maximum atomic E-state index is 12.7. The van der Waals surface area contributed by atoms with Gasteiger partial charge in [0.15, 0.2) is 6.10 Å². The highest BCUT2D eigenvalue weighted by Gasteiger charge is 2.28. The second-order valence-corrected chi connectivity index (χ2v) is 17.9. The van der Waals surface area contributed by atoms with Crippen molar-refractivity contribution in [1.29, 1.82) is 0 Å². The average molecular weight is 895 g/mol. The van der Waals surface area contributed by atoms with E-state index in [0.29, 0.717) is 25.7 Å². The number of aliphatic hydroxyl groups is 2. The molecule has 0 saturated carbocycles. The lowest BCUT2D eigenvalue weighted by molar-refractivity contribution is -0.161. The number of phosphoric ester groups is 2. The summed E-state index contributed by atoms with van der Waals surface area (Å²) in [7, 11) is -9.70. The van der Waals surface area contributed by atoms with Crippen molar-refractivity contribution in [2.75, 3.05) is 26.4 Å². The van der Waals surface area contributed by atoms with E-state index >= 15 is 0 Å². The van der Waals surface area contributed by atoms with Gasteiger partial charge in [-0.2, -0.15) is 0 Å². The van der Waals surface area contributed by atoms with Crippen LogP contribution in [0.5, 0.6) is 0 Å². The van der Waals surface area contributed by atoms with Crippen molar-refractivity contribution in [2.45, 2.75) is 193 Å². The Balaban J connectivity index is 4.60. The van der Waals surface area contributed by atoms with Gasteiger partial charge >= 0.3 is 27.6 Å². The molecule has 350 valence electrons. The first-order valence-corrected chi connectivity index (χ1v) is 25.4. The summed E-state index contributed by atoms with van der Waals surface area (Å²) in [5.74, 6) is -1.11. The zero-order chi connectivity index (χ0) is 44.6. The number of ether oxygens (including phenoxy) is 2. The monoisotopic (exact) mass is 895 g/mol. The molecule has 0 aromatic carbocycles. The van der Waals surface area contributed by atoms with E-state index < -0.39 is 66.2 Å². The van der Waals surface area contributed by atoms with Crippen LogP contribution in [-0.2, 0) is 41.8 Å². The predicted octanol–water partition coefficient (Wildman–Crippen LogP) is 10.4. The minimum absolute atomic E-state index is 0.105. The van der Waals surface area contributed by atoms with Crippen LogP contribution in [0, 0.1) is 0 Å². The molecular weight excluding hydrogens is 814 g/mol. The van der Waals surface area contributed by atoms with Crippen LogP contribution in [-0.4, -0.2) is 81.6 Å². The number of phosphoric acid groups is 2. The standard InChI is InChI=1S/C44H80O14P2/c1-3-5-6-7-8-9-10-11-12-15-19-22-25-28-31-35-44(48)58-42(39-57-60(52,53)56-37-41(46)36-55-59(49,50)51)38-54-43(47)34-30-27-24-21-18-16-13-14-17-20-23-26-29-33-40(45)32-4-2/h13,16-17,20-21,24,26,29,40-42,45-46H,3-12,14-15,18-19,22-23,25,27-28,30-39H2,1-2H3,(H,52,53)(H2,49,50,51)/b16-13-,20-17-,24-21-,29-26-/t40?,41-,42+/m0/s1. The molecule has 0 aromatic rings. The number of hydrogen-bond donors (Lipinski definition) is 5. The summed E-state index contributed by atoms with van der Waals surface area (Å²) < 4.78 is 47.7. The SMILES string of the molecule is CCCCCCCCCCCCCCCCCC(=O)O[C@H](COC(=O)CCC/C=C\C/C=C\C/C=C\C/C=C\CC(O)CCC)COP(=O)(O)OC[C@@H](O)COP(=O)(O)O. The van der Waals surface area contributed by atoms with Gasteiger partial charge in [0.05, 0.1) is 25.9 Å². The summed E-state index contributed by atoms with van der Waals surface area (Å²) in [6.45, 7) is 1.50. The fraction of sp³-hybridized carbons (Fsp3) is 0.773. The minimum atomic E-state index is -4.87. The van der Waals surface area contributed by atoms with Gasteiger partial charge in [-0.3, -0.25) is 23.2 Å². The van der Waals surface area contributed by atoms with Crippen LogP contribution < -0.4 is 0 Å². The molecule has 0 rings (SSSR count). The fourth-order valence-corrected chi connectivity index (χ4v) is 7.04. The summed E-state index contributed by atoms with van der Waals surface area (Å²) in [6, 6.07) is 0. The van der Waals surface area contributed by atoms with Crippen LogP contribution in [0.4, 0.5) is 0 Å². The van der Waals surface area contributed by atoms with Gasteiger partial charge in [0.1, 0.15) is 12.7 Å². The summed E-state index contributed by atoms with van der Waals surface area (Å²) in [5.41, 5.74) is 0. The molecule has 60 heavy (non-hydrogen) atoms. The summed E-state index contributed by atoms with van der Waals surface area (Å²) in [4.78, 5) is 52.7. The topological polar surface area (TPSA) is 216 Å². The van der Waals surface area contributed by atoms with Gasteiger partial charge in [-0.05, 0) is 51.4 Å². The molecule has 16 heteroatoms. The Kier molecular flexibility index (Phi) is 38.6. The Bertz CT molecular complexity index is 1270. The van der Waals surface area contributed by atoms with Gasteiger partial charge in [-0.1, -0.05) is 159 Å². The highest BCUT2D eigenvalue weighted by Crippen LogP contribution is 2.43. The quantitative estimate of drug-likeness (QED) is 0.0167. The van der Waals surface area contributed by atoms with Crippen LogP contribution in [0.1, 0.15) is 174 Å². The molecule has 14 nitrogen and oxygen atoms in total. The van der Waals surface area contributed by atoms with E-state index in [4.69, 9.17) is 23.8 Å². The Morgan fingerprint density at radius 1 is 0.517 bits per heavy atom. The highest BCUT2D eigenvalue weighted by atomic mass is 31.2. The number of allylic oxidation sites excluding steroid dienone is 7. The molecule has 2 unspecified atom stereocenters. The highest BCUT2D eigenvalue weighted by molar-refractivity contribution is 7.47. The summed E-state index contributed by atoms with van der Waals surface area (Å²) >= 11 is 0. The molecule has 0 aliphatic rings. The van der Waals surface area contributed by atoms with Crippen molar-refractivity contribution in [3.05, 3.63) is 48.6 Å². The maximum absolute atomic E-state index is 12.7. The molecule has 5 N–H and O–H groups in total. The molecule has 0 bridgehead atoms. The molecule has 0 aliphatic carbocycles. The second-order valence-electron chi connectivity index (χ2n) is 15.2. The third-order valence-electron chi connectivity index (χ3n) is 9.27. The largest absolute Gasteiger partial charge is 0.472 e.